The van der Waals surface area contributed by atoms with Crippen molar-refractivity contribution < 1.29 is 4.74 Å². The van der Waals surface area contributed by atoms with E-state index in [0.29, 0.717) is 12.4 Å². The number of aromatic nitrogens is 3. The molecule has 0 atom stereocenters. The van der Waals surface area contributed by atoms with Gasteiger partial charge in [0.25, 0.3) is 0 Å². The van der Waals surface area contributed by atoms with Crippen LogP contribution in [0, 0.1) is 11.7 Å². The van der Waals surface area contributed by atoms with Crippen molar-refractivity contribution in [2.45, 2.75) is 13.5 Å². The molecule has 3 aromatic rings. The number of imidazole rings is 1. The Kier molecular flexibility index (Phi) is 3.28. The van der Waals surface area contributed by atoms with Crippen LogP contribution in [0.25, 0.3) is 11.0 Å². The Balaban J connectivity index is 2.08. The molecule has 4 nitrogen and oxygen atoms in total. The number of pyridine rings is 1. The fraction of sp³-hybridized carbons (Fsp3) is 0.200. The van der Waals surface area contributed by atoms with Crippen molar-refractivity contribution in [1.29, 1.82) is 0 Å². The van der Waals surface area contributed by atoms with Crippen LogP contribution in [0.2, 0.25) is 0 Å². The minimum atomic E-state index is 0.616. The van der Waals surface area contributed by atoms with Crippen LogP contribution in [-0.4, -0.2) is 21.6 Å². The van der Waals surface area contributed by atoms with Gasteiger partial charge in [-0.15, -0.1) is 0 Å². The van der Waals surface area contributed by atoms with Gasteiger partial charge in [0, 0.05) is 12.3 Å². The minimum absolute atomic E-state index is 0.616. The highest BCUT2D eigenvalue weighted by Gasteiger charge is 2.07. The Labute approximate surface area is 122 Å². The number of H-pyrrole nitrogens is 1. The molecule has 2 aromatic heterocycles. The van der Waals surface area contributed by atoms with Crippen molar-refractivity contribution in [3.63, 3.8) is 0 Å². The topological polar surface area (TPSA) is 42.8 Å². The molecule has 0 saturated heterocycles. The molecule has 0 amide bonds. The van der Waals surface area contributed by atoms with Crippen LogP contribution >= 0.6 is 12.2 Å². The van der Waals surface area contributed by atoms with Crippen LogP contribution in [0.4, 0.5) is 0 Å². The van der Waals surface area contributed by atoms with Gasteiger partial charge in [-0.25, -0.2) is 4.98 Å². The fourth-order valence-electron chi connectivity index (χ4n) is 2.32. The summed E-state index contributed by atoms with van der Waals surface area (Å²) in [6.45, 7) is 2.77. The van der Waals surface area contributed by atoms with Crippen molar-refractivity contribution in [2.24, 2.45) is 0 Å². The summed E-state index contributed by atoms with van der Waals surface area (Å²) < 4.78 is 7.97. The van der Waals surface area contributed by atoms with Gasteiger partial charge in [-0.2, -0.15) is 0 Å². The average molecular weight is 285 g/mol. The number of rotatable bonds is 3. The zero-order valence-corrected chi connectivity index (χ0v) is 12.2. The largest absolute Gasteiger partial charge is 0.481 e. The zero-order chi connectivity index (χ0) is 14.1. The molecule has 0 aliphatic heterocycles. The molecule has 3 rings (SSSR count). The summed E-state index contributed by atoms with van der Waals surface area (Å²) in [5, 5.41) is 0. The Bertz CT molecular complexity index is 819. The Morgan fingerprint density at radius 1 is 1.35 bits per heavy atom. The van der Waals surface area contributed by atoms with Crippen molar-refractivity contribution in [3.05, 3.63) is 52.4 Å². The number of aryl methyl sites for hydroxylation is 1. The van der Waals surface area contributed by atoms with E-state index in [1.807, 2.05) is 18.2 Å². The van der Waals surface area contributed by atoms with E-state index in [9.17, 15) is 0 Å². The molecule has 0 unspecified atom stereocenters. The summed E-state index contributed by atoms with van der Waals surface area (Å²) in [6, 6.07) is 10.1. The summed E-state index contributed by atoms with van der Waals surface area (Å²) in [7, 11) is 1.62. The van der Waals surface area contributed by atoms with E-state index in [4.69, 9.17) is 17.0 Å². The second-order valence-electron chi connectivity index (χ2n) is 4.69. The first-order valence-electron chi connectivity index (χ1n) is 6.36. The van der Waals surface area contributed by atoms with Crippen molar-refractivity contribution >= 4 is 23.3 Å². The van der Waals surface area contributed by atoms with E-state index >= 15 is 0 Å². The maximum Gasteiger partial charge on any atom is 0.213 e. The molecular formula is C15H15N3OS. The van der Waals surface area contributed by atoms with Crippen LogP contribution in [0.15, 0.2) is 36.5 Å². The van der Waals surface area contributed by atoms with Crippen molar-refractivity contribution in [3.8, 4) is 5.88 Å². The second-order valence-corrected chi connectivity index (χ2v) is 5.08. The summed E-state index contributed by atoms with van der Waals surface area (Å²) in [5.41, 5.74) is 4.51. The van der Waals surface area contributed by atoms with Gasteiger partial charge in [0.1, 0.15) is 0 Å². The fourth-order valence-corrected chi connectivity index (χ4v) is 2.59. The maximum absolute atomic E-state index is 5.43. The van der Waals surface area contributed by atoms with Crippen LogP contribution in [0.5, 0.6) is 5.88 Å². The summed E-state index contributed by atoms with van der Waals surface area (Å²) in [4.78, 5) is 7.40. The van der Waals surface area contributed by atoms with E-state index in [0.717, 1.165) is 21.4 Å². The first-order valence-corrected chi connectivity index (χ1v) is 6.77. The number of benzene rings is 1. The zero-order valence-electron chi connectivity index (χ0n) is 11.4. The lowest BCUT2D eigenvalue weighted by Crippen LogP contribution is -2.00. The number of aromatic amines is 1. The highest BCUT2D eigenvalue weighted by molar-refractivity contribution is 7.71. The normalized spacial score (nSPS) is 10.9. The second kappa shape index (κ2) is 5.09. The van der Waals surface area contributed by atoms with E-state index in [-0.39, 0.29) is 0 Å². The molecule has 0 fully saturated rings. The maximum atomic E-state index is 5.43. The highest BCUT2D eigenvalue weighted by atomic mass is 32.1. The molecule has 1 N–H and O–H groups in total. The Hall–Kier alpha value is -2.14. The lowest BCUT2D eigenvalue weighted by molar-refractivity contribution is 0.397. The molecule has 0 aliphatic carbocycles. The molecule has 5 heteroatoms. The van der Waals surface area contributed by atoms with E-state index in [2.05, 4.69) is 33.6 Å². The number of para-hydroxylation sites is 1. The van der Waals surface area contributed by atoms with Gasteiger partial charge < -0.3 is 14.3 Å². The molecule has 0 aliphatic rings. The van der Waals surface area contributed by atoms with Crippen LogP contribution in [-0.2, 0) is 6.54 Å². The van der Waals surface area contributed by atoms with Gasteiger partial charge in [0.15, 0.2) is 4.77 Å². The van der Waals surface area contributed by atoms with E-state index in [1.165, 1.54) is 5.56 Å². The molecule has 2 heterocycles. The van der Waals surface area contributed by atoms with Gasteiger partial charge in [-0.3, -0.25) is 0 Å². The molecule has 0 bridgehead atoms. The van der Waals surface area contributed by atoms with Gasteiger partial charge >= 0.3 is 0 Å². The van der Waals surface area contributed by atoms with Gasteiger partial charge in [0.05, 0.1) is 24.7 Å². The monoisotopic (exact) mass is 285 g/mol. The average Bonchev–Trinajstić information content (AvgIpc) is 2.78. The highest BCUT2D eigenvalue weighted by Crippen LogP contribution is 2.19. The molecule has 1 aromatic carbocycles. The molecule has 20 heavy (non-hydrogen) atoms. The number of hydrogen-bond acceptors (Lipinski definition) is 3. The predicted octanol–water partition coefficient (Wildman–Crippen LogP) is 3.46. The van der Waals surface area contributed by atoms with E-state index in [1.54, 1.807) is 13.3 Å². The molecule has 102 valence electrons. The first kappa shape index (κ1) is 12.9. The number of ether oxygens (including phenoxy) is 1. The first-order chi connectivity index (χ1) is 9.69. The number of nitrogens with zero attached hydrogens (tertiary/aromatic N) is 2. The summed E-state index contributed by atoms with van der Waals surface area (Å²) >= 11 is 5.43. The predicted molar refractivity (Wildman–Crippen MR) is 81.8 cm³/mol. The molecule has 0 radical (unpaired) electrons. The van der Waals surface area contributed by atoms with Crippen LogP contribution in [0.1, 0.15) is 11.1 Å². The van der Waals surface area contributed by atoms with Crippen LogP contribution < -0.4 is 4.74 Å². The summed E-state index contributed by atoms with van der Waals surface area (Å²) in [6.07, 6.45) is 1.75. The lowest BCUT2D eigenvalue weighted by Gasteiger charge is -2.06. The van der Waals surface area contributed by atoms with E-state index < -0.39 is 0 Å². The molecule has 0 spiro atoms. The Morgan fingerprint density at radius 3 is 3.00 bits per heavy atom. The third kappa shape index (κ3) is 2.20. The number of methoxy groups -OCH3 is 1. The van der Waals surface area contributed by atoms with Crippen molar-refractivity contribution in [2.75, 3.05) is 7.11 Å². The van der Waals surface area contributed by atoms with Gasteiger partial charge in [-0.05, 0) is 42.4 Å². The minimum Gasteiger partial charge on any atom is -0.481 e. The third-order valence-corrected chi connectivity index (χ3v) is 3.69. The van der Waals surface area contributed by atoms with Gasteiger partial charge in [-0.1, -0.05) is 12.1 Å². The number of fused-ring (bicyclic) bond motifs is 1. The van der Waals surface area contributed by atoms with Crippen molar-refractivity contribution in [1.82, 2.24) is 14.5 Å². The number of hydrogen-bond donors (Lipinski definition) is 1. The lowest BCUT2D eigenvalue weighted by atomic mass is 10.2. The molecule has 0 saturated carbocycles. The van der Waals surface area contributed by atoms with Crippen LogP contribution in [0.3, 0.4) is 0 Å². The van der Waals surface area contributed by atoms with Gasteiger partial charge in [0.2, 0.25) is 5.88 Å². The Morgan fingerprint density at radius 2 is 2.20 bits per heavy atom. The standard InChI is InChI=1S/C15H15N3OS/c1-10-4-3-5-12-14(10)17-15(20)18(12)9-11-6-7-16-13(8-11)19-2/h3-8H,9H2,1-2H3,(H,17,20). The third-order valence-electron chi connectivity index (χ3n) is 3.37. The SMILES string of the molecule is COc1cc(Cn2c(=S)[nH]c3c(C)cccc32)ccn1. The quantitative estimate of drug-likeness (QED) is 0.749. The smallest absolute Gasteiger partial charge is 0.213 e. The number of nitrogens with one attached hydrogen (secondary N) is 1. The molecular weight excluding hydrogens is 270 g/mol. The summed E-state index contributed by atoms with van der Waals surface area (Å²) in [5.74, 6) is 0.616.